The van der Waals surface area contributed by atoms with Gasteiger partial charge in [-0.2, -0.15) is 0 Å². The monoisotopic (exact) mass is 275 g/mol. The Morgan fingerprint density at radius 2 is 2.00 bits per heavy atom. The Balaban J connectivity index is 2.37. The Morgan fingerprint density at radius 3 is 2.58 bits per heavy atom. The third-order valence-electron chi connectivity index (χ3n) is 3.52. The number of fused-ring (bicyclic) bond motifs is 1. The standard InChI is InChI=1S/C16H21NOS/c1-5-12(10-17(3)4)15(18)16-11(2)13-8-6-7-9-14(13)19-16/h6-9,12H,5,10H2,1-4H3. The Bertz CT molecular complexity index is 585. The topological polar surface area (TPSA) is 20.3 Å². The van der Waals surface area contributed by atoms with Crippen LogP contribution in [0.3, 0.4) is 0 Å². The van der Waals surface area contributed by atoms with Crippen LogP contribution < -0.4 is 0 Å². The zero-order valence-electron chi connectivity index (χ0n) is 12.1. The number of carbonyl (C=O) groups excluding carboxylic acids is 1. The van der Waals surface area contributed by atoms with Gasteiger partial charge in [-0.1, -0.05) is 25.1 Å². The Labute approximate surface area is 119 Å². The highest BCUT2D eigenvalue weighted by atomic mass is 32.1. The quantitative estimate of drug-likeness (QED) is 0.769. The molecule has 19 heavy (non-hydrogen) atoms. The van der Waals surface area contributed by atoms with E-state index in [1.165, 1.54) is 10.1 Å². The lowest BCUT2D eigenvalue weighted by atomic mass is 9.97. The van der Waals surface area contributed by atoms with Crippen molar-refractivity contribution in [3.63, 3.8) is 0 Å². The summed E-state index contributed by atoms with van der Waals surface area (Å²) in [6.07, 6.45) is 0.894. The summed E-state index contributed by atoms with van der Waals surface area (Å²) in [5.74, 6) is 0.400. The van der Waals surface area contributed by atoms with Crippen LogP contribution in [0.25, 0.3) is 10.1 Å². The molecule has 2 nitrogen and oxygen atoms in total. The van der Waals surface area contributed by atoms with Gasteiger partial charge in [-0.05, 0) is 44.5 Å². The van der Waals surface area contributed by atoms with Gasteiger partial charge in [0.15, 0.2) is 5.78 Å². The first-order valence-electron chi connectivity index (χ1n) is 6.71. The van der Waals surface area contributed by atoms with Crippen LogP contribution in [0.5, 0.6) is 0 Å². The fourth-order valence-corrected chi connectivity index (χ4v) is 3.66. The number of hydrogen-bond acceptors (Lipinski definition) is 3. The van der Waals surface area contributed by atoms with Gasteiger partial charge in [0, 0.05) is 17.2 Å². The molecule has 0 aliphatic heterocycles. The molecule has 0 N–H and O–H groups in total. The predicted octanol–water partition coefficient (Wildman–Crippen LogP) is 3.98. The minimum absolute atomic E-state index is 0.0989. The molecule has 1 unspecified atom stereocenters. The second kappa shape index (κ2) is 5.85. The number of rotatable bonds is 5. The molecule has 0 saturated heterocycles. The van der Waals surface area contributed by atoms with Gasteiger partial charge in [0.1, 0.15) is 0 Å². The van der Waals surface area contributed by atoms with Gasteiger partial charge in [-0.15, -0.1) is 11.3 Å². The van der Waals surface area contributed by atoms with Gasteiger partial charge in [0.05, 0.1) is 4.88 Å². The summed E-state index contributed by atoms with van der Waals surface area (Å²) in [6.45, 7) is 4.98. The van der Waals surface area contributed by atoms with Crippen LogP contribution in [0.4, 0.5) is 0 Å². The number of thiophene rings is 1. The number of Topliss-reactive ketones (excluding diaryl/α,β-unsaturated/α-hetero) is 1. The predicted molar refractivity (Wildman–Crippen MR) is 83.2 cm³/mol. The minimum Gasteiger partial charge on any atom is -0.309 e. The maximum absolute atomic E-state index is 12.7. The van der Waals surface area contributed by atoms with Crippen molar-refractivity contribution in [2.24, 2.45) is 5.92 Å². The van der Waals surface area contributed by atoms with Crippen LogP contribution in [0.2, 0.25) is 0 Å². The molecule has 0 fully saturated rings. The minimum atomic E-state index is 0.0989. The Hall–Kier alpha value is -1.19. The second-order valence-corrected chi connectivity index (χ2v) is 6.34. The van der Waals surface area contributed by atoms with E-state index < -0.39 is 0 Å². The van der Waals surface area contributed by atoms with Gasteiger partial charge >= 0.3 is 0 Å². The zero-order chi connectivity index (χ0) is 14.0. The first-order valence-corrected chi connectivity index (χ1v) is 7.53. The smallest absolute Gasteiger partial charge is 0.177 e. The van der Waals surface area contributed by atoms with Crippen LogP contribution in [0.1, 0.15) is 28.6 Å². The molecule has 0 amide bonds. The van der Waals surface area contributed by atoms with Gasteiger partial charge < -0.3 is 4.90 Å². The summed E-state index contributed by atoms with van der Waals surface area (Å²) < 4.78 is 1.21. The van der Waals surface area contributed by atoms with Crippen molar-refractivity contribution in [1.29, 1.82) is 0 Å². The molecule has 0 radical (unpaired) electrons. The van der Waals surface area contributed by atoms with E-state index in [2.05, 4.69) is 30.9 Å². The van der Waals surface area contributed by atoms with Crippen molar-refractivity contribution >= 4 is 27.2 Å². The maximum atomic E-state index is 12.7. The fourth-order valence-electron chi connectivity index (χ4n) is 2.43. The van der Waals surface area contributed by atoms with Gasteiger partial charge in [-0.3, -0.25) is 4.79 Å². The van der Waals surface area contributed by atoms with E-state index in [0.717, 1.165) is 23.4 Å². The highest BCUT2D eigenvalue weighted by Crippen LogP contribution is 2.32. The summed E-state index contributed by atoms with van der Waals surface area (Å²) in [4.78, 5) is 15.7. The Morgan fingerprint density at radius 1 is 1.32 bits per heavy atom. The van der Waals surface area contributed by atoms with Crippen LogP contribution >= 0.6 is 11.3 Å². The van der Waals surface area contributed by atoms with E-state index in [4.69, 9.17) is 0 Å². The lowest BCUT2D eigenvalue weighted by Crippen LogP contribution is -2.27. The molecule has 2 aromatic rings. The van der Waals surface area contributed by atoms with Crippen molar-refractivity contribution in [1.82, 2.24) is 4.90 Å². The highest BCUT2D eigenvalue weighted by Gasteiger charge is 2.23. The number of ketones is 1. The summed E-state index contributed by atoms with van der Waals surface area (Å²) in [5, 5.41) is 1.22. The molecular weight excluding hydrogens is 254 g/mol. The summed E-state index contributed by atoms with van der Waals surface area (Å²) in [5.41, 5.74) is 1.14. The summed E-state index contributed by atoms with van der Waals surface area (Å²) >= 11 is 1.63. The molecule has 0 bridgehead atoms. The SMILES string of the molecule is CCC(CN(C)C)C(=O)c1sc2ccccc2c1C. The average molecular weight is 275 g/mol. The molecule has 1 heterocycles. The van der Waals surface area contributed by atoms with Crippen molar-refractivity contribution < 1.29 is 4.79 Å². The third kappa shape index (κ3) is 2.88. The molecule has 0 aliphatic rings. The second-order valence-electron chi connectivity index (χ2n) is 5.28. The first-order chi connectivity index (χ1) is 9.04. The van der Waals surface area contributed by atoms with Crippen LogP contribution in [-0.4, -0.2) is 31.3 Å². The molecule has 1 atom stereocenters. The number of hydrogen-bond donors (Lipinski definition) is 0. The van der Waals surface area contributed by atoms with Gasteiger partial charge in [-0.25, -0.2) is 0 Å². The summed E-state index contributed by atoms with van der Waals surface area (Å²) in [7, 11) is 4.04. The molecular formula is C16H21NOS. The third-order valence-corrected chi connectivity index (χ3v) is 4.80. The van der Waals surface area contributed by atoms with Crippen molar-refractivity contribution in [2.75, 3.05) is 20.6 Å². The van der Waals surface area contributed by atoms with E-state index in [-0.39, 0.29) is 5.92 Å². The van der Waals surface area contributed by atoms with Crippen molar-refractivity contribution in [3.8, 4) is 0 Å². The van der Waals surface area contributed by atoms with Crippen LogP contribution in [-0.2, 0) is 0 Å². The van der Waals surface area contributed by atoms with E-state index in [0.29, 0.717) is 5.78 Å². The number of aryl methyl sites for hydroxylation is 1. The molecule has 3 heteroatoms. The largest absolute Gasteiger partial charge is 0.309 e. The average Bonchev–Trinajstić information content (AvgIpc) is 2.73. The van der Waals surface area contributed by atoms with E-state index in [1.54, 1.807) is 11.3 Å². The molecule has 1 aromatic carbocycles. The van der Waals surface area contributed by atoms with Gasteiger partial charge in [0.2, 0.25) is 0 Å². The van der Waals surface area contributed by atoms with Gasteiger partial charge in [0.25, 0.3) is 0 Å². The first kappa shape index (κ1) is 14.2. The maximum Gasteiger partial charge on any atom is 0.177 e. The molecule has 0 aliphatic carbocycles. The van der Waals surface area contributed by atoms with Crippen LogP contribution in [0, 0.1) is 12.8 Å². The van der Waals surface area contributed by atoms with E-state index in [9.17, 15) is 4.79 Å². The molecule has 0 spiro atoms. The number of carbonyl (C=O) groups is 1. The normalized spacial score (nSPS) is 13.1. The fraction of sp³-hybridized carbons (Fsp3) is 0.438. The summed E-state index contributed by atoms with van der Waals surface area (Å²) in [6, 6.07) is 8.26. The Kier molecular flexibility index (Phi) is 4.38. The molecule has 2 rings (SSSR count). The van der Waals surface area contributed by atoms with Crippen molar-refractivity contribution in [2.45, 2.75) is 20.3 Å². The molecule has 1 aromatic heterocycles. The number of nitrogens with zero attached hydrogens (tertiary/aromatic N) is 1. The number of benzene rings is 1. The molecule has 102 valence electrons. The lowest BCUT2D eigenvalue weighted by molar-refractivity contribution is 0.0897. The highest BCUT2D eigenvalue weighted by molar-refractivity contribution is 7.21. The zero-order valence-corrected chi connectivity index (χ0v) is 12.9. The van der Waals surface area contributed by atoms with E-state index in [1.807, 2.05) is 26.2 Å². The lowest BCUT2D eigenvalue weighted by Gasteiger charge is -2.18. The van der Waals surface area contributed by atoms with Crippen LogP contribution in [0.15, 0.2) is 24.3 Å². The van der Waals surface area contributed by atoms with E-state index >= 15 is 0 Å². The molecule has 0 saturated carbocycles. The van der Waals surface area contributed by atoms with Crippen molar-refractivity contribution in [3.05, 3.63) is 34.7 Å².